The summed E-state index contributed by atoms with van der Waals surface area (Å²) >= 11 is 0. The van der Waals surface area contributed by atoms with E-state index in [0.717, 1.165) is 26.2 Å². The average molecular weight is 681 g/mol. The molecule has 9 nitrogen and oxygen atoms in total. The fourth-order valence-corrected chi connectivity index (χ4v) is 11.2. The number of ether oxygens (including phenoxy) is 3. The van der Waals surface area contributed by atoms with Crippen LogP contribution < -0.4 is 0 Å². The minimum Gasteiger partial charge on any atom is -0.452 e. The third-order valence-electron chi connectivity index (χ3n) is 8.85. The Hall–Kier alpha value is -3.80. The fraction of sp³-hybridized carbons (Fsp3) is 0.389. The van der Waals surface area contributed by atoms with Crippen LogP contribution in [0.4, 0.5) is 0 Å². The number of hydrogen-bond donors (Lipinski definition) is 0. The lowest BCUT2D eigenvalue weighted by atomic mass is 9.75. The average Bonchev–Trinajstić information content (AvgIpc) is 3.40. The third-order valence-corrected chi connectivity index (χ3v) is 13.9. The van der Waals surface area contributed by atoms with Crippen molar-refractivity contribution in [3.63, 3.8) is 0 Å². The normalized spacial score (nSPS) is 22.5. The first kappa shape index (κ1) is 34.5. The van der Waals surface area contributed by atoms with Crippen LogP contribution in [0, 0.1) is 17.8 Å². The first-order valence-corrected chi connectivity index (χ1v) is 18.8. The van der Waals surface area contributed by atoms with E-state index in [9.17, 15) is 26.4 Å². The van der Waals surface area contributed by atoms with Crippen LogP contribution in [-0.2, 0) is 43.5 Å². The molecule has 3 aromatic rings. The predicted octanol–water partition coefficient (Wildman–Crippen LogP) is 6.52. The Morgan fingerprint density at radius 3 is 1.87 bits per heavy atom. The lowest BCUT2D eigenvalue weighted by molar-refractivity contribution is -0.179. The molecular weight excluding hydrogens is 641 g/mol. The van der Waals surface area contributed by atoms with Crippen molar-refractivity contribution in [2.45, 2.75) is 79.8 Å². The van der Waals surface area contributed by atoms with E-state index >= 15 is 0 Å². The van der Waals surface area contributed by atoms with Gasteiger partial charge in [-0.05, 0) is 66.5 Å². The Morgan fingerprint density at radius 2 is 1.34 bits per heavy atom. The highest BCUT2D eigenvalue weighted by atomic mass is 32.3. The molecule has 0 aromatic heterocycles. The number of sulfone groups is 2. The summed E-state index contributed by atoms with van der Waals surface area (Å²) in [7, 11) is -9.24. The van der Waals surface area contributed by atoms with Crippen molar-refractivity contribution in [2.24, 2.45) is 17.8 Å². The van der Waals surface area contributed by atoms with Crippen LogP contribution in [0.1, 0.15) is 68.8 Å². The largest absolute Gasteiger partial charge is 0.452 e. The molecule has 0 spiro atoms. The van der Waals surface area contributed by atoms with E-state index in [1.807, 2.05) is 0 Å². The monoisotopic (exact) mass is 680 g/mol. The molecule has 47 heavy (non-hydrogen) atoms. The molecule has 3 aromatic carbocycles. The second-order valence-corrected chi connectivity index (χ2v) is 16.9. The Kier molecular flexibility index (Phi) is 10.4. The Bertz CT molecular complexity index is 1770. The van der Waals surface area contributed by atoms with E-state index in [4.69, 9.17) is 14.2 Å². The summed E-state index contributed by atoms with van der Waals surface area (Å²) in [5, 5.41) is 0. The number of hydrogen-bond acceptors (Lipinski definition) is 9. The molecule has 11 heteroatoms. The van der Waals surface area contributed by atoms with Crippen LogP contribution >= 0.6 is 0 Å². The van der Waals surface area contributed by atoms with Gasteiger partial charge in [0.1, 0.15) is 0 Å². The Balaban J connectivity index is 1.63. The first-order valence-electron chi connectivity index (χ1n) is 15.7. The smallest absolute Gasteiger partial charge is 0.340 e. The van der Waals surface area contributed by atoms with Gasteiger partial charge in [-0.25, -0.2) is 21.6 Å². The third kappa shape index (κ3) is 7.37. The van der Waals surface area contributed by atoms with Gasteiger partial charge in [0, 0.05) is 12.5 Å². The van der Waals surface area contributed by atoms with Gasteiger partial charge >= 0.3 is 11.9 Å². The van der Waals surface area contributed by atoms with Crippen LogP contribution in [0.25, 0.3) is 0 Å². The minimum atomic E-state index is -4.62. The Labute approximate surface area is 276 Å². The van der Waals surface area contributed by atoms with E-state index in [-0.39, 0.29) is 38.5 Å². The second-order valence-electron chi connectivity index (χ2n) is 12.6. The second kappa shape index (κ2) is 14.1. The number of rotatable bonds is 11. The van der Waals surface area contributed by atoms with E-state index < -0.39 is 48.6 Å². The molecule has 0 amide bonds. The molecule has 250 valence electrons. The maximum absolute atomic E-state index is 14.3. The van der Waals surface area contributed by atoms with Crippen molar-refractivity contribution in [3.05, 3.63) is 108 Å². The highest BCUT2D eigenvalue weighted by molar-refractivity contribution is 8.08. The molecule has 0 N–H and O–H groups in total. The van der Waals surface area contributed by atoms with Gasteiger partial charge in [-0.2, -0.15) is 0 Å². The number of esters is 2. The van der Waals surface area contributed by atoms with Crippen LogP contribution in [0.3, 0.4) is 0 Å². The van der Waals surface area contributed by atoms with Gasteiger partial charge in [-0.1, -0.05) is 87.9 Å². The van der Waals surface area contributed by atoms with E-state index in [0.29, 0.717) is 11.8 Å². The summed E-state index contributed by atoms with van der Waals surface area (Å²) in [6.45, 7) is 7.58. The summed E-state index contributed by atoms with van der Waals surface area (Å²) in [5.41, 5.74) is -0.233. The molecule has 0 unspecified atom stereocenters. The maximum atomic E-state index is 14.3. The standard InChI is InChI=1S/C36H40O9S2/c1-23(2)28-20-19-24(3)21-32(28)44-33-22-31(35(38)45-33)34(43-25(4)37)29-17-11-12-18-30(29)36(46(39,40)26-13-7-5-8-14-26)47(41,42)27-15-9-6-10-16-27/h5-18,22-24,28,32-34,36H,19-21H2,1-4H3/t24-,28+,32-,33-,34+/m1/s1. The van der Waals surface area contributed by atoms with Crippen molar-refractivity contribution in [1.29, 1.82) is 0 Å². The predicted molar refractivity (Wildman–Crippen MR) is 175 cm³/mol. The topological polar surface area (TPSA) is 130 Å². The first-order chi connectivity index (χ1) is 22.3. The highest BCUT2D eigenvalue weighted by Crippen LogP contribution is 2.44. The lowest BCUT2D eigenvalue weighted by Gasteiger charge is -2.37. The quantitative estimate of drug-likeness (QED) is 0.208. The van der Waals surface area contributed by atoms with Crippen molar-refractivity contribution >= 4 is 31.6 Å². The molecule has 2 aliphatic rings. The molecule has 1 fully saturated rings. The molecule has 1 aliphatic heterocycles. The zero-order valence-electron chi connectivity index (χ0n) is 26.8. The van der Waals surface area contributed by atoms with Crippen molar-refractivity contribution in [3.8, 4) is 0 Å². The van der Waals surface area contributed by atoms with Crippen LogP contribution in [0.5, 0.6) is 0 Å². The van der Waals surface area contributed by atoms with Crippen LogP contribution in [0.2, 0.25) is 0 Å². The van der Waals surface area contributed by atoms with Crippen molar-refractivity contribution < 1.29 is 40.6 Å². The fourth-order valence-electron chi connectivity index (χ4n) is 6.52. The van der Waals surface area contributed by atoms with Gasteiger partial charge in [-0.15, -0.1) is 0 Å². The summed E-state index contributed by atoms with van der Waals surface area (Å²) in [6.07, 6.45) is 1.60. The molecule has 5 atom stereocenters. The lowest BCUT2D eigenvalue weighted by Crippen LogP contribution is -2.36. The van der Waals surface area contributed by atoms with E-state index in [2.05, 4.69) is 20.8 Å². The zero-order valence-corrected chi connectivity index (χ0v) is 28.4. The molecule has 5 rings (SSSR count). The van der Waals surface area contributed by atoms with Crippen molar-refractivity contribution in [2.75, 3.05) is 0 Å². The summed E-state index contributed by atoms with van der Waals surface area (Å²) in [4.78, 5) is 25.5. The van der Waals surface area contributed by atoms with Crippen molar-refractivity contribution in [1.82, 2.24) is 0 Å². The van der Waals surface area contributed by atoms with Gasteiger partial charge < -0.3 is 14.2 Å². The molecule has 1 saturated carbocycles. The zero-order chi connectivity index (χ0) is 33.9. The van der Waals surface area contributed by atoms with Gasteiger partial charge in [0.2, 0.25) is 6.29 Å². The van der Waals surface area contributed by atoms with Gasteiger partial charge in [0.15, 0.2) is 30.4 Å². The Morgan fingerprint density at radius 1 is 0.809 bits per heavy atom. The SMILES string of the molecule is CC(=O)O[C@H](C1=C[C@H](O[C@@H]2C[C@H](C)CC[C@H]2C(C)C)OC1=O)c1ccccc1C(S(=O)(=O)c1ccccc1)S(=O)(=O)c1ccccc1. The number of carbonyl (C=O) groups is 2. The molecule has 1 aliphatic carbocycles. The molecule has 0 bridgehead atoms. The molecule has 1 heterocycles. The van der Waals surface area contributed by atoms with E-state index in [1.165, 1.54) is 72.8 Å². The summed E-state index contributed by atoms with van der Waals surface area (Å²) < 4.78 is 72.7. The van der Waals surface area contributed by atoms with Gasteiger partial charge in [-0.3, -0.25) is 4.79 Å². The number of benzene rings is 3. The van der Waals surface area contributed by atoms with E-state index in [1.54, 1.807) is 18.2 Å². The molecule has 0 radical (unpaired) electrons. The highest BCUT2D eigenvalue weighted by Gasteiger charge is 2.45. The van der Waals surface area contributed by atoms with Gasteiger partial charge in [0.25, 0.3) is 0 Å². The molecule has 0 saturated heterocycles. The maximum Gasteiger partial charge on any atom is 0.340 e. The minimum absolute atomic E-state index is 0.0157. The van der Waals surface area contributed by atoms with Crippen LogP contribution in [0.15, 0.2) is 106 Å². The van der Waals surface area contributed by atoms with Crippen LogP contribution in [-0.4, -0.2) is 41.2 Å². The summed E-state index contributed by atoms with van der Waals surface area (Å²) in [5.74, 6) is -0.527. The number of carbonyl (C=O) groups excluding carboxylic acids is 2. The number of cyclic esters (lactones) is 1. The van der Waals surface area contributed by atoms with Gasteiger partial charge in [0.05, 0.1) is 21.5 Å². The molecular formula is C36H40O9S2. The summed E-state index contributed by atoms with van der Waals surface area (Å²) in [6, 6.07) is 20.4.